The Morgan fingerprint density at radius 1 is 1.00 bits per heavy atom. The summed E-state index contributed by atoms with van der Waals surface area (Å²) in [6.07, 6.45) is -3.31. The van der Waals surface area contributed by atoms with Gasteiger partial charge >= 0.3 is 6.18 Å². The van der Waals surface area contributed by atoms with Crippen LogP contribution in [0.4, 0.5) is 18.9 Å². The lowest BCUT2D eigenvalue weighted by Crippen LogP contribution is -2.51. The topological polar surface area (TPSA) is 86.8 Å². The molecule has 0 unspecified atom stereocenters. The van der Waals surface area contributed by atoms with E-state index in [-0.39, 0.29) is 11.4 Å². The maximum Gasteiger partial charge on any atom is 0.417 e. The summed E-state index contributed by atoms with van der Waals surface area (Å²) in [5, 5.41) is 2.17. The van der Waals surface area contributed by atoms with E-state index in [1.807, 2.05) is 26.0 Å². The summed E-state index contributed by atoms with van der Waals surface area (Å²) in [5.74, 6) is -1.21. The molecule has 0 aliphatic carbocycles. The minimum atomic E-state index is -4.88. The fraction of sp³-hybridized carbons (Fsp3) is 0.355. The maximum absolute atomic E-state index is 14.0. The number of halogens is 4. The molecule has 0 aromatic heterocycles. The highest BCUT2D eigenvalue weighted by Crippen LogP contribution is 2.38. The fourth-order valence-corrected chi connectivity index (χ4v) is 5.97. The standard InChI is InChI=1S/C31H35ClF3N3O4S/c1-5-6-17-36-30(40)23(4)37(19-24-10-8-7-9-22(24)3)29(39)20-38(43(41,42)26-14-11-21(2)12-15-26)25-13-16-28(32)27(18-25)31(33,34)35/h7-16,18,23H,5-6,17,19-20H2,1-4H3,(H,36,40)/t23-/m1/s1. The van der Waals surface area contributed by atoms with Gasteiger partial charge in [-0.15, -0.1) is 0 Å². The van der Waals surface area contributed by atoms with Crippen molar-refractivity contribution in [2.45, 2.75) is 64.2 Å². The monoisotopic (exact) mass is 637 g/mol. The van der Waals surface area contributed by atoms with E-state index in [4.69, 9.17) is 11.6 Å². The van der Waals surface area contributed by atoms with Gasteiger partial charge in [0.2, 0.25) is 11.8 Å². The van der Waals surface area contributed by atoms with Gasteiger partial charge in [-0.25, -0.2) is 8.42 Å². The number of rotatable bonds is 12. The third-order valence-electron chi connectivity index (χ3n) is 7.03. The van der Waals surface area contributed by atoms with Crippen LogP contribution >= 0.6 is 11.6 Å². The van der Waals surface area contributed by atoms with E-state index < -0.39 is 56.9 Å². The number of carbonyl (C=O) groups is 2. The van der Waals surface area contributed by atoms with Crippen LogP contribution < -0.4 is 9.62 Å². The second-order valence-electron chi connectivity index (χ2n) is 10.3. The molecule has 0 aliphatic rings. The summed E-state index contributed by atoms with van der Waals surface area (Å²) in [6.45, 7) is 6.58. The van der Waals surface area contributed by atoms with Crippen molar-refractivity contribution < 1.29 is 31.2 Å². The number of hydrogen-bond donors (Lipinski definition) is 1. The highest BCUT2D eigenvalue weighted by atomic mass is 35.5. The average molecular weight is 638 g/mol. The number of sulfonamides is 1. The number of carbonyl (C=O) groups excluding carboxylic acids is 2. The quantitative estimate of drug-likeness (QED) is 0.230. The van der Waals surface area contributed by atoms with Crippen LogP contribution in [0.5, 0.6) is 0 Å². The number of unbranched alkanes of at least 4 members (excludes halogenated alkanes) is 1. The van der Waals surface area contributed by atoms with Crippen molar-refractivity contribution in [3.8, 4) is 0 Å². The van der Waals surface area contributed by atoms with Crippen LogP contribution in [0.1, 0.15) is 48.9 Å². The van der Waals surface area contributed by atoms with E-state index in [0.29, 0.717) is 16.9 Å². The molecule has 3 rings (SSSR count). The zero-order chi connectivity index (χ0) is 31.9. The predicted molar refractivity (Wildman–Crippen MR) is 161 cm³/mol. The van der Waals surface area contributed by atoms with Gasteiger partial charge in [-0.05, 0) is 68.7 Å². The molecule has 0 fully saturated rings. The normalized spacial score (nSPS) is 12.5. The van der Waals surface area contributed by atoms with Crippen LogP contribution in [0.2, 0.25) is 5.02 Å². The van der Waals surface area contributed by atoms with Crippen molar-refractivity contribution in [1.82, 2.24) is 10.2 Å². The summed E-state index contributed by atoms with van der Waals surface area (Å²) in [5.41, 5.74) is 0.684. The van der Waals surface area contributed by atoms with Gasteiger partial charge in [0, 0.05) is 13.1 Å². The summed E-state index contributed by atoms with van der Waals surface area (Å²) >= 11 is 5.82. The van der Waals surface area contributed by atoms with Gasteiger partial charge in [0.1, 0.15) is 12.6 Å². The van der Waals surface area contributed by atoms with Crippen LogP contribution in [-0.4, -0.2) is 44.3 Å². The van der Waals surface area contributed by atoms with Gasteiger partial charge in [-0.3, -0.25) is 13.9 Å². The Morgan fingerprint density at radius 3 is 2.26 bits per heavy atom. The lowest BCUT2D eigenvalue weighted by Gasteiger charge is -2.32. The van der Waals surface area contributed by atoms with E-state index >= 15 is 0 Å². The second-order valence-corrected chi connectivity index (χ2v) is 12.5. The Balaban J connectivity index is 2.11. The van der Waals surface area contributed by atoms with Crippen molar-refractivity contribution in [3.05, 3.63) is 94.0 Å². The lowest BCUT2D eigenvalue weighted by atomic mass is 10.1. The molecule has 0 radical (unpaired) electrons. The average Bonchev–Trinajstić information content (AvgIpc) is 2.95. The van der Waals surface area contributed by atoms with E-state index in [0.717, 1.165) is 41.7 Å². The van der Waals surface area contributed by atoms with Crippen LogP contribution in [0.15, 0.2) is 71.6 Å². The Hall–Kier alpha value is -3.57. The van der Waals surface area contributed by atoms with E-state index in [9.17, 15) is 31.2 Å². The molecule has 0 heterocycles. The summed E-state index contributed by atoms with van der Waals surface area (Å²) in [7, 11) is -4.54. The predicted octanol–water partition coefficient (Wildman–Crippen LogP) is 6.50. The van der Waals surface area contributed by atoms with Crippen molar-refractivity contribution in [2.75, 3.05) is 17.4 Å². The van der Waals surface area contributed by atoms with Crippen molar-refractivity contribution >= 4 is 39.1 Å². The summed E-state index contributed by atoms with van der Waals surface area (Å²) in [4.78, 5) is 28.1. The SMILES string of the molecule is CCCCNC(=O)[C@@H](C)N(Cc1ccccc1C)C(=O)CN(c1ccc(Cl)c(C(F)(F)F)c1)S(=O)(=O)c1ccc(C)cc1. The van der Waals surface area contributed by atoms with Gasteiger partial charge in [0.15, 0.2) is 0 Å². The zero-order valence-corrected chi connectivity index (χ0v) is 26.0. The van der Waals surface area contributed by atoms with Gasteiger partial charge in [0.25, 0.3) is 10.0 Å². The molecule has 3 aromatic carbocycles. The summed E-state index contributed by atoms with van der Waals surface area (Å²) < 4.78 is 69.8. The van der Waals surface area contributed by atoms with Crippen LogP contribution in [-0.2, 0) is 32.3 Å². The summed E-state index contributed by atoms with van der Waals surface area (Å²) in [6, 6.07) is 14.6. The molecular formula is C31H35ClF3N3O4S. The van der Waals surface area contributed by atoms with Crippen LogP contribution in [0, 0.1) is 13.8 Å². The van der Waals surface area contributed by atoms with Crippen molar-refractivity contribution in [1.29, 1.82) is 0 Å². The van der Waals surface area contributed by atoms with Crippen LogP contribution in [0.25, 0.3) is 0 Å². The molecule has 0 saturated heterocycles. The number of nitrogens with one attached hydrogen (secondary N) is 1. The number of hydrogen-bond acceptors (Lipinski definition) is 4. The molecule has 1 atom stereocenters. The molecule has 12 heteroatoms. The third kappa shape index (κ3) is 8.51. The van der Waals surface area contributed by atoms with E-state index in [1.54, 1.807) is 31.2 Å². The number of nitrogens with zero attached hydrogens (tertiary/aromatic N) is 2. The fourth-order valence-electron chi connectivity index (χ4n) is 4.34. The first-order chi connectivity index (χ1) is 20.2. The van der Waals surface area contributed by atoms with Gasteiger partial charge < -0.3 is 10.2 Å². The lowest BCUT2D eigenvalue weighted by molar-refractivity contribution is -0.139. The minimum Gasteiger partial charge on any atom is -0.354 e. The highest BCUT2D eigenvalue weighted by Gasteiger charge is 2.37. The number of amides is 2. The van der Waals surface area contributed by atoms with Crippen molar-refractivity contribution in [2.24, 2.45) is 0 Å². The first-order valence-corrected chi connectivity index (χ1v) is 15.6. The van der Waals surface area contributed by atoms with E-state index in [1.165, 1.54) is 24.0 Å². The Labute approximate surface area is 255 Å². The largest absolute Gasteiger partial charge is 0.417 e. The van der Waals surface area contributed by atoms with Crippen LogP contribution in [0.3, 0.4) is 0 Å². The highest BCUT2D eigenvalue weighted by molar-refractivity contribution is 7.92. The number of benzene rings is 3. The number of anilines is 1. The molecule has 3 aromatic rings. The Morgan fingerprint density at radius 2 is 1.65 bits per heavy atom. The van der Waals surface area contributed by atoms with Gasteiger partial charge in [0.05, 0.1) is 21.2 Å². The molecule has 0 aliphatic heterocycles. The molecule has 1 N–H and O–H groups in total. The Bertz CT molecular complexity index is 1550. The molecule has 232 valence electrons. The maximum atomic E-state index is 14.0. The molecule has 2 amide bonds. The van der Waals surface area contributed by atoms with Gasteiger partial charge in [-0.2, -0.15) is 13.2 Å². The minimum absolute atomic E-state index is 0.0271. The number of alkyl halides is 3. The first kappa shape index (κ1) is 33.9. The molecular weight excluding hydrogens is 603 g/mol. The third-order valence-corrected chi connectivity index (χ3v) is 9.15. The number of aryl methyl sites for hydroxylation is 2. The molecule has 0 spiro atoms. The van der Waals surface area contributed by atoms with E-state index in [2.05, 4.69) is 5.32 Å². The molecule has 0 saturated carbocycles. The Kier molecular flexibility index (Phi) is 11.3. The molecule has 0 bridgehead atoms. The van der Waals surface area contributed by atoms with Gasteiger partial charge in [-0.1, -0.05) is 66.9 Å². The second kappa shape index (κ2) is 14.3. The zero-order valence-electron chi connectivity index (χ0n) is 24.4. The van der Waals surface area contributed by atoms with Crippen molar-refractivity contribution in [3.63, 3.8) is 0 Å². The smallest absolute Gasteiger partial charge is 0.354 e. The molecule has 7 nitrogen and oxygen atoms in total. The first-order valence-electron chi connectivity index (χ1n) is 13.7. The molecule has 43 heavy (non-hydrogen) atoms.